The van der Waals surface area contributed by atoms with Gasteiger partial charge >= 0.3 is 5.97 Å². The summed E-state index contributed by atoms with van der Waals surface area (Å²) in [5, 5.41) is 9.67. The van der Waals surface area contributed by atoms with Crippen LogP contribution in [0.1, 0.15) is 24.5 Å². The van der Waals surface area contributed by atoms with E-state index in [-0.39, 0.29) is 0 Å². The van der Waals surface area contributed by atoms with E-state index >= 15 is 0 Å². The van der Waals surface area contributed by atoms with Crippen LogP contribution in [-0.4, -0.2) is 18.2 Å². The minimum Gasteiger partial charge on any atom is -0.496 e. The van der Waals surface area contributed by atoms with E-state index in [2.05, 4.69) is 0 Å². The Balaban J connectivity index is 3.08. The van der Waals surface area contributed by atoms with Gasteiger partial charge in [-0.05, 0) is 43.0 Å². The number of rotatable bonds is 5. The summed E-state index contributed by atoms with van der Waals surface area (Å²) in [6, 6.07) is 3.59. The normalized spacial score (nSPS) is 12.2. The second-order valence-electron chi connectivity index (χ2n) is 4.06. The number of hydrogen-bond donors (Lipinski definition) is 1. The first kappa shape index (κ1) is 13.8. The van der Waals surface area contributed by atoms with E-state index in [1.807, 2.05) is 19.9 Å². The molecule has 0 saturated carbocycles. The van der Waals surface area contributed by atoms with Crippen LogP contribution in [0.2, 0.25) is 5.02 Å². The van der Waals surface area contributed by atoms with E-state index in [0.29, 0.717) is 17.9 Å². The maximum Gasteiger partial charge on any atom is 0.306 e. The van der Waals surface area contributed by atoms with Gasteiger partial charge in [-0.3, -0.25) is 4.79 Å². The molecule has 0 aliphatic carbocycles. The number of carboxylic acid groups (broad SMARTS) is 1. The summed E-state index contributed by atoms with van der Waals surface area (Å²) >= 11 is 5.98. The molecule has 1 aromatic rings. The Morgan fingerprint density at radius 1 is 1.53 bits per heavy atom. The van der Waals surface area contributed by atoms with Gasteiger partial charge in [0.1, 0.15) is 5.75 Å². The zero-order valence-electron chi connectivity index (χ0n) is 10.3. The van der Waals surface area contributed by atoms with Crippen molar-refractivity contribution in [3.63, 3.8) is 0 Å². The first-order valence-electron chi connectivity index (χ1n) is 5.55. The average molecular weight is 257 g/mol. The summed E-state index contributed by atoms with van der Waals surface area (Å²) in [6.45, 7) is 3.76. The molecule has 0 aliphatic heterocycles. The molecule has 0 aliphatic rings. The molecule has 1 atom stereocenters. The van der Waals surface area contributed by atoms with Crippen LogP contribution in [0.4, 0.5) is 0 Å². The molecule has 1 N–H and O–H groups in total. The van der Waals surface area contributed by atoms with Crippen LogP contribution >= 0.6 is 11.6 Å². The van der Waals surface area contributed by atoms with Crippen molar-refractivity contribution in [2.75, 3.05) is 7.11 Å². The highest BCUT2D eigenvalue weighted by atomic mass is 35.5. The smallest absolute Gasteiger partial charge is 0.306 e. The SMILES string of the molecule is CCC(Cc1cc(Cl)cc(C)c1OC)C(=O)O. The Labute approximate surface area is 106 Å². The number of aliphatic carboxylic acids is 1. The number of hydrogen-bond acceptors (Lipinski definition) is 2. The summed E-state index contributed by atoms with van der Waals surface area (Å²) in [5.41, 5.74) is 1.78. The van der Waals surface area contributed by atoms with Crippen molar-refractivity contribution >= 4 is 17.6 Å². The van der Waals surface area contributed by atoms with Gasteiger partial charge in [-0.25, -0.2) is 0 Å². The highest BCUT2D eigenvalue weighted by molar-refractivity contribution is 6.30. The van der Waals surface area contributed by atoms with E-state index in [9.17, 15) is 4.79 Å². The van der Waals surface area contributed by atoms with Gasteiger partial charge in [0.25, 0.3) is 0 Å². The molecular weight excluding hydrogens is 240 g/mol. The maximum absolute atomic E-state index is 11.0. The van der Waals surface area contributed by atoms with Gasteiger partial charge in [0.05, 0.1) is 13.0 Å². The van der Waals surface area contributed by atoms with Crippen LogP contribution < -0.4 is 4.74 Å². The van der Waals surface area contributed by atoms with Crippen molar-refractivity contribution in [2.24, 2.45) is 5.92 Å². The summed E-state index contributed by atoms with van der Waals surface area (Å²) in [5.74, 6) is -0.456. The Morgan fingerprint density at radius 3 is 2.65 bits per heavy atom. The van der Waals surface area contributed by atoms with Crippen LogP contribution in [0.5, 0.6) is 5.75 Å². The van der Waals surface area contributed by atoms with Crippen LogP contribution in [0.25, 0.3) is 0 Å². The molecule has 1 aromatic carbocycles. The van der Waals surface area contributed by atoms with Crippen molar-refractivity contribution in [3.8, 4) is 5.75 Å². The highest BCUT2D eigenvalue weighted by Gasteiger charge is 2.19. The van der Waals surface area contributed by atoms with Gasteiger partial charge in [-0.15, -0.1) is 0 Å². The highest BCUT2D eigenvalue weighted by Crippen LogP contribution is 2.30. The van der Waals surface area contributed by atoms with E-state index < -0.39 is 11.9 Å². The molecule has 0 amide bonds. The molecule has 17 heavy (non-hydrogen) atoms. The number of benzene rings is 1. The molecule has 4 heteroatoms. The molecule has 0 spiro atoms. The molecular formula is C13H17ClO3. The third-order valence-electron chi connectivity index (χ3n) is 2.83. The first-order valence-corrected chi connectivity index (χ1v) is 5.93. The number of ether oxygens (including phenoxy) is 1. The lowest BCUT2D eigenvalue weighted by Crippen LogP contribution is -2.16. The molecule has 0 fully saturated rings. The fourth-order valence-corrected chi connectivity index (χ4v) is 2.21. The molecule has 1 rings (SSSR count). The quantitative estimate of drug-likeness (QED) is 0.879. The molecule has 0 heterocycles. The van der Waals surface area contributed by atoms with E-state index in [1.165, 1.54) is 0 Å². The lowest BCUT2D eigenvalue weighted by atomic mass is 9.95. The number of carbonyl (C=O) groups is 1. The standard InChI is InChI=1S/C13H17ClO3/c1-4-9(13(15)16)6-10-7-11(14)5-8(2)12(10)17-3/h5,7,9H,4,6H2,1-3H3,(H,15,16). The number of carboxylic acids is 1. The lowest BCUT2D eigenvalue weighted by molar-refractivity contribution is -0.141. The minimum atomic E-state index is -0.785. The van der Waals surface area contributed by atoms with E-state index in [1.54, 1.807) is 13.2 Å². The number of halogens is 1. The second-order valence-corrected chi connectivity index (χ2v) is 4.50. The third kappa shape index (κ3) is 3.37. The molecule has 94 valence electrons. The second kappa shape index (κ2) is 5.92. The van der Waals surface area contributed by atoms with Gasteiger partial charge in [-0.1, -0.05) is 18.5 Å². The predicted molar refractivity (Wildman–Crippen MR) is 67.9 cm³/mol. The largest absolute Gasteiger partial charge is 0.496 e. The van der Waals surface area contributed by atoms with Gasteiger partial charge in [0, 0.05) is 5.02 Å². The van der Waals surface area contributed by atoms with E-state index in [0.717, 1.165) is 16.9 Å². The van der Waals surface area contributed by atoms with Crippen molar-refractivity contribution in [2.45, 2.75) is 26.7 Å². The van der Waals surface area contributed by atoms with Gasteiger partial charge in [0.15, 0.2) is 0 Å². The van der Waals surface area contributed by atoms with Crippen molar-refractivity contribution < 1.29 is 14.6 Å². The van der Waals surface area contributed by atoms with Crippen LogP contribution in [0.3, 0.4) is 0 Å². The molecule has 0 bridgehead atoms. The summed E-state index contributed by atoms with van der Waals surface area (Å²) < 4.78 is 5.30. The fourth-order valence-electron chi connectivity index (χ4n) is 1.91. The summed E-state index contributed by atoms with van der Waals surface area (Å²) in [7, 11) is 1.58. The molecule has 0 radical (unpaired) electrons. The average Bonchev–Trinajstić information content (AvgIpc) is 2.24. The van der Waals surface area contributed by atoms with Gasteiger partial charge < -0.3 is 9.84 Å². The fraction of sp³-hybridized carbons (Fsp3) is 0.462. The lowest BCUT2D eigenvalue weighted by Gasteiger charge is -2.15. The summed E-state index contributed by atoms with van der Waals surface area (Å²) in [6.07, 6.45) is 1.03. The van der Waals surface area contributed by atoms with Crippen LogP contribution in [0, 0.1) is 12.8 Å². The molecule has 3 nitrogen and oxygen atoms in total. The van der Waals surface area contributed by atoms with Crippen LogP contribution in [0.15, 0.2) is 12.1 Å². The molecule has 1 unspecified atom stereocenters. The predicted octanol–water partition coefficient (Wildman–Crippen LogP) is 3.31. The molecule has 0 aromatic heterocycles. The monoisotopic (exact) mass is 256 g/mol. The minimum absolute atomic E-state index is 0.401. The Hall–Kier alpha value is -1.22. The number of methoxy groups -OCH3 is 1. The zero-order chi connectivity index (χ0) is 13.0. The first-order chi connectivity index (χ1) is 7.99. The third-order valence-corrected chi connectivity index (χ3v) is 3.05. The van der Waals surface area contributed by atoms with Crippen molar-refractivity contribution in [1.29, 1.82) is 0 Å². The maximum atomic E-state index is 11.0. The Bertz CT molecular complexity index is 415. The number of aryl methyl sites for hydroxylation is 1. The molecule has 0 saturated heterocycles. The summed E-state index contributed by atoms with van der Waals surface area (Å²) in [4.78, 5) is 11.0. The van der Waals surface area contributed by atoms with Crippen LogP contribution in [-0.2, 0) is 11.2 Å². The van der Waals surface area contributed by atoms with E-state index in [4.69, 9.17) is 21.4 Å². The van der Waals surface area contributed by atoms with Gasteiger partial charge in [0.2, 0.25) is 0 Å². The Kier molecular flexibility index (Phi) is 4.82. The van der Waals surface area contributed by atoms with Gasteiger partial charge in [-0.2, -0.15) is 0 Å². The topological polar surface area (TPSA) is 46.5 Å². The zero-order valence-corrected chi connectivity index (χ0v) is 11.0. The Morgan fingerprint density at radius 2 is 2.18 bits per heavy atom. The van der Waals surface area contributed by atoms with Crippen molar-refractivity contribution in [1.82, 2.24) is 0 Å². The van der Waals surface area contributed by atoms with Crippen molar-refractivity contribution in [3.05, 3.63) is 28.3 Å².